The van der Waals surface area contributed by atoms with Crippen LogP contribution in [0.3, 0.4) is 0 Å². The summed E-state index contributed by atoms with van der Waals surface area (Å²) in [6, 6.07) is 3.77. The number of allylic oxidation sites excluding steroid dienone is 8. The van der Waals surface area contributed by atoms with Crippen molar-refractivity contribution < 1.29 is 17.7 Å². The van der Waals surface area contributed by atoms with E-state index in [2.05, 4.69) is 52.6 Å². The number of rotatable bonds is 20. The third-order valence-corrected chi connectivity index (χ3v) is 11.3. The first-order valence-electron chi connectivity index (χ1n) is 11.2. The molecule has 0 fully saturated rings. The van der Waals surface area contributed by atoms with Crippen LogP contribution in [0.5, 0.6) is 23.0 Å². The van der Waals surface area contributed by atoms with Gasteiger partial charge in [0.25, 0.3) is 0 Å². The molecule has 0 unspecified atom stereocenters. The topological polar surface area (TPSA) is 36.9 Å². The van der Waals surface area contributed by atoms with Crippen molar-refractivity contribution in [1.29, 1.82) is 0 Å². The lowest BCUT2D eigenvalue weighted by atomic mass is 10.3. The SMILES string of the molecule is C=CC(C=C)[SiH2]Oc1cc(O[SiH2]C(C=C)C=C)c(O[SiH2]C(C=C)C=C)cc1O[SiH2]C(C=C)C=C. The molecule has 0 aromatic heterocycles. The molecule has 0 saturated carbocycles. The van der Waals surface area contributed by atoms with E-state index in [0.717, 1.165) is 0 Å². The third kappa shape index (κ3) is 9.60. The predicted octanol–water partition coefficient (Wildman–Crippen LogP) is 4.18. The van der Waals surface area contributed by atoms with Crippen LogP contribution in [0.4, 0.5) is 0 Å². The van der Waals surface area contributed by atoms with E-state index >= 15 is 0 Å². The molecule has 0 aliphatic heterocycles. The van der Waals surface area contributed by atoms with Gasteiger partial charge in [0.05, 0.1) is 0 Å². The summed E-state index contributed by atoms with van der Waals surface area (Å²) in [6.07, 6.45) is 14.9. The van der Waals surface area contributed by atoms with Gasteiger partial charge >= 0.3 is 0 Å². The zero-order valence-electron chi connectivity index (χ0n) is 20.2. The Morgan fingerprint density at radius 3 is 0.735 bits per heavy atom. The fourth-order valence-corrected chi connectivity index (χ4v) is 6.13. The molecule has 1 rings (SSSR count). The zero-order chi connectivity index (χ0) is 25.3. The van der Waals surface area contributed by atoms with E-state index in [1.54, 1.807) is 0 Å². The van der Waals surface area contributed by atoms with E-state index in [1.807, 2.05) is 60.7 Å². The highest BCUT2D eigenvalue weighted by Gasteiger charge is 2.18. The molecule has 0 amide bonds. The summed E-state index contributed by atoms with van der Waals surface area (Å²) >= 11 is 0. The molecule has 0 spiro atoms. The molecule has 0 atom stereocenters. The summed E-state index contributed by atoms with van der Waals surface area (Å²) in [5, 5.41) is 0. The van der Waals surface area contributed by atoms with Gasteiger partial charge in [-0.1, -0.05) is 48.6 Å². The molecule has 1 aromatic carbocycles. The molecule has 182 valence electrons. The van der Waals surface area contributed by atoms with Crippen molar-refractivity contribution >= 4 is 39.1 Å². The van der Waals surface area contributed by atoms with Gasteiger partial charge in [-0.15, -0.1) is 52.6 Å². The lowest BCUT2D eigenvalue weighted by molar-refractivity contribution is 0.486. The van der Waals surface area contributed by atoms with Crippen LogP contribution in [0.2, 0.25) is 22.2 Å². The van der Waals surface area contributed by atoms with Crippen molar-refractivity contribution in [3.63, 3.8) is 0 Å². The first-order valence-corrected chi connectivity index (χ1v) is 16.8. The summed E-state index contributed by atoms with van der Waals surface area (Å²) in [4.78, 5) is 0. The van der Waals surface area contributed by atoms with E-state index < -0.39 is 39.1 Å². The van der Waals surface area contributed by atoms with Crippen molar-refractivity contribution in [3.05, 3.63) is 113 Å². The minimum absolute atomic E-state index is 0.146. The van der Waals surface area contributed by atoms with Gasteiger partial charge in [-0.2, -0.15) is 0 Å². The van der Waals surface area contributed by atoms with Crippen LogP contribution in [0.1, 0.15) is 0 Å². The van der Waals surface area contributed by atoms with Crippen molar-refractivity contribution in [1.82, 2.24) is 0 Å². The Balaban J connectivity index is 3.37. The van der Waals surface area contributed by atoms with Crippen LogP contribution >= 0.6 is 0 Å². The molecule has 0 N–H and O–H groups in total. The van der Waals surface area contributed by atoms with Crippen molar-refractivity contribution in [3.8, 4) is 23.0 Å². The smallest absolute Gasteiger partial charge is 0.230 e. The molecule has 34 heavy (non-hydrogen) atoms. The Morgan fingerprint density at radius 2 is 0.588 bits per heavy atom. The number of benzene rings is 1. The van der Waals surface area contributed by atoms with E-state index in [1.165, 1.54) is 0 Å². The highest BCUT2D eigenvalue weighted by molar-refractivity contribution is 6.34. The molecule has 0 aliphatic rings. The Morgan fingerprint density at radius 1 is 0.412 bits per heavy atom. The maximum atomic E-state index is 6.26. The van der Waals surface area contributed by atoms with Gasteiger partial charge in [0, 0.05) is 34.3 Å². The van der Waals surface area contributed by atoms with E-state index in [0.29, 0.717) is 23.0 Å². The maximum absolute atomic E-state index is 6.26. The molecule has 0 heterocycles. The molecular weight excluding hydrogens is 489 g/mol. The van der Waals surface area contributed by atoms with E-state index in [-0.39, 0.29) is 22.2 Å². The average Bonchev–Trinajstić information content (AvgIpc) is 2.87. The van der Waals surface area contributed by atoms with Crippen LogP contribution < -0.4 is 17.7 Å². The predicted molar refractivity (Wildman–Crippen MR) is 160 cm³/mol. The van der Waals surface area contributed by atoms with Gasteiger partial charge < -0.3 is 17.7 Å². The molecule has 0 aliphatic carbocycles. The fraction of sp³-hybridized carbons (Fsp3) is 0.154. The fourth-order valence-electron chi connectivity index (χ4n) is 2.65. The lowest BCUT2D eigenvalue weighted by Crippen LogP contribution is -2.14. The minimum Gasteiger partial charge on any atom is -0.546 e. The van der Waals surface area contributed by atoms with Crippen LogP contribution in [-0.2, 0) is 0 Å². The number of hydrogen-bond acceptors (Lipinski definition) is 4. The quantitative estimate of drug-likeness (QED) is 0.189. The molecule has 1 aromatic rings. The first-order chi connectivity index (χ1) is 16.5. The third-order valence-electron chi connectivity index (χ3n) is 5.16. The Bertz CT molecular complexity index is 714. The van der Waals surface area contributed by atoms with Gasteiger partial charge in [0.1, 0.15) is 23.0 Å². The summed E-state index contributed by atoms with van der Waals surface area (Å²) in [5.74, 6) is 2.59. The molecule has 4 nitrogen and oxygen atoms in total. The van der Waals surface area contributed by atoms with E-state index in [9.17, 15) is 0 Å². The zero-order valence-corrected chi connectivity index (χ0v) is 25.9. The second-order valence-corrected chi connectivity index (χ2v) is 13.8. The van der Waals surface area contributed by atoms with Crippen molar-refractivity contribution in [2.75, 3.05) is 0 Å². The van der Waals surface area contributed by atoms with Gasteiger partial charge in [0.2, 0.25) is 39.1 Å². The molecular formula is C26H38O4Si4. The Hall–Kier alpha value is -2.79. The average molecular weight is 527 g/mol. The second kappa shape index (κ2) is 16.8. The molecule has 0 radical (unpaired) electrons. The number of hydrogen-bond donors (Lipinski definition) is 0. The summed E-state index contributed by atoms with van der Waals surface area (Å²) in [5.41, 5.74) is 0.586. The Labute approximate surface area is 214 Å². The van der Waals surface area contributed by atoms with Crippen LogP contribution in [0, 0.1) is 0 Å². The van der Waals surface area contributed by atoms with E-state index in [4.69, 9.17) is 17.7 Å². The molecule has 0 bridgehead atoms. The van der Waals surface area contributed by atoms with Gasteiger partial charge in [-0.25, -0.2) is 0 Å². The maximum Gasteiger partial charge on any atom is 0.230 e. The lowest BCUT2D eigenvalue weighted by Gasteiger charge is -2.22. The second-order valence-electron chi connectivity index (χ2n) is 7.53. The highest BCUT2D eigenvalue weighted by Crippen LogP contribution is 2.41. The Kier molecular flexibility index (Phi) is 14.4. The van der Waals surface area contributed by atoms with Gasteiger partial charge in [-0.05, 0) is 0 Å². The first kappa shape index (κ1) is 29.2. The highest BCUT2D eigenvalue weighted by atomic mass is 28.2. The standard InChI is InChI=1S/C26H38O4Si4/c1-9-19(10-2)31-27-23-17-25(29-33-21(13-5)14-6)26(30-34-22(15-7)16-8)18-24(23)28-32-20(11-3)12-4/h9-22H,1-8,31-34H2. The monoisotopic (exact) mass is 526 g/mol. The molecule has 8 heteroatoms. The van der Waals surface area contributed by atoms with Crippen molar-refractivity contribution in [2.24, 2.45) is 0 Å². The van der Waals surface area contributed by atoms with Crippen LogP contribution in [-0.4, -0.2) is 39.1 Å². The molecule has 0 saturated heterocycles. The van der Waals surface area contributed by atoms with Crippen molar-refractivity contribution in [2.45, 2.75) is 22.2 Å². The summed E-state index contributed by atoms with van der Waals surface area (Å²) < 4.78 is 25.1. The normalized spacial score (nSPS) is 11.9. The van der Waals surface area contributed by atoms with Crippen LogP contribution in [0.25, 0.3) is 0 Å². The largest absolute Gasteiger partial charge is 0.546 e. The van der Waals surface area contributed by atoms with Gasteiger partial charge in [0.15, 0.2) is 0 Å². The summed E-state index contributed by atoms with van der Waals surface area (Å²) in [6.45, 7) is 31.0. The van der Waals surface area contributed by atoms with Gasteiger partial charge in [-0.3, -0.25) is 0 Å². The minimum atomic E-state index is -1.02. The summed E-state index contributed by atoms with van der Waals surface area (Å²) in [7, 11) is -4.06. The van der Waals surface area contributed by atoms with Crippen LogP contribution in [0.15, 0.2) is 113 Å².